The molecule has 0 aromatic heterocycles. The zero-order chi connectivity index (χ0) is 13.2. The molecule has 0 N–H and O–H groups in total. The van der Waals surface area contributed by atoms with Crippen LogP contribution in [-0.2, 0) is 9.53 Å². The number of esters is 1. The first-order chi connectivity index (χ1) is 8.72. The van der Waals surface area contributed by atoms with Crippen molar-refractivity contribution in [1.82, 2.24) is 4.90 Å². The Balaban J connectivity index is 2.27. The van der Waals surface area contributed by atoms with Crippen molar-refractivity contribution in [1.29, 1.82) is 0 Å². The van der Waals surface area contributed by atoms with Crippen LogP contribution in [-0.4, -0.2) is 37.6 Å². The monoisotopic (exact) mass is 245 g/mol. The highest BCUT2D eigenvalue weighted by Crippen LogP contribution is 1.95. The van der Waals surface area contributed by atoms with Crippen molar-refractivity contribution in [3.05, 3.63) is 35.9 Å². The molecule has 0 saturated carbocycles. The fourth-order valence-corrected chi connectivity index (χ4v) is 1.39. The molecule has 1 aromatic carbocycles. The van der Waals surface area contributed by atoms with Gasteiger partial charge in [0.25, 0.3) is 0 Å². The molecule has 0 bridgehead atoms. The molecule has 0 aliphatic heterocycles. The maximum atomic E-state index is 11.2. The Hall–Kier alpha value is -1.79. The first-order valence-electron chi connectivity index (χ1n) is 6.10. The second-order valence-electron chi connectivity index (χ2n) is 3.96. The van der Waals surface area contributed by atoms with Crippen molar-refractivity contribution in [2.45, 2.75) is 13.3 Å². The van der Waals surface area contributed by atoms with E-state index in [0.717, 1.165) is 5.56 Å². The summed E-state index contributed by atoms with van der Waals surface area (Å²) in [6.07, 6.45) is 0.414. The lowest BCUT2D eigenvalue weighted by molar-refractivity contribution is -0.143. The van der Waals surface area contributed by atoms with E-state index in [1.807, 2.05) is 49.2 Å². The predicted molar refractivity (Wildman–Crippen MR) is 72.1 cm³/mol. The molecule has 0 atom stereocenters. The van der Waals surface area contributed by atoms with Gasteiger partial charge in [-0.05, 0) is 26.1 Å². The summed E-state index contributed by atoms with van der Waals surface area (Å²) in [4.78, 5) is 13.2. The highest BCUT2D eigenvalue weighted by molar-refractivity contribution is 5.69. The lowest BCUT2D eigenvalue weighted by Gasteiger charge is -2.11. The molecule has 18 heavy (non-hydrogen) atoms. The van der Waals surface area contributed by atoms with E-state index in [9.17, 15) is 4.79 Å². The number of carbonyl (C=O) groups excluding carboxylic acids is 1. The lowest BCUT2D eigenvalue weighted by Crippen LogP contribution is -2.22. The van der Waals surface area contributed by atoms with Crippen LogP contribution in [0.5, 0.6) is 0 Å². The molecule has 0 unspecified atom stereocenters. The van der Waals surface area contributed by atoms with Crippen LogP contribution in [0.2, 0.25) is 0 Å². The van der Waals surface area contributed by atoms with Crippen molar-refractivity contribution in [3.63, 3.8) is 0 Å². The molecule has 0 aliphatic rings. The average Bonchev–Trinajstić information content (AvgIpc) is 2.38. The Bertz CT molecular complexity index is 417. The number of benzene rings is 1. The summed E-state index contributed by atoms with van der Waals surface area (Å²) in [6.45, 7) is 3.57. The van der Waals surface area contributed by atoms with Crippen LogP contribution in [0.4, 0.5) is 0 Å². The van der Waals surface area contributed by atoms with E-state index in [1.165, 1.54) is 0 Å². The van der Waals surface area contributed by atoms with Crippen LogP contribution < -0.4 is 0 Å². The van der Waals surface area contributed by atoms with Crippen LogP contribution in [0.25, 0.3) is 0 Å². The maximum Gasteiger partial charge on any atom is 0.307 e. The number of hydrogen-bond acceptors (Lipinski definition) is 3. The van der Waals surface area contributed by atoms with Crippen molar-refractivity contribution < 1.29 is 9.53 Å². The first-order valence-corrected chi connectivity index (χ1v) is 6.10. The number of carbonyl (C=O) groups is 1. The third-order valence-corrected chi connectivity index (χ3v) is 2.36. The summed E-state index contributed by atoms with van der Waals surface area (Å²) < 4.78 is 4.86. The quantitative estimate of drug-likeness (QED) is 0.586. The summed E-state index contributed by atoms with van der Waals surface area (Å²) in [5.74, 6) is 6.01. The van der Waals surface area contributed by atoms with Gasteiger partial charge in [0.05, 0.1) is 19.6 Å². The Kier molecular flexibility index (Phi) is 6.60. The van der Waals surface area contributed by atoms with Crippen molar-refractivity contribution in [2.75, 3.05) is 26.7 Å². The van der Waals surface area contributed by atoms with Gasteiger partial charge in [-0.15, -0.1) is 0 Å². The molecule has 0 fully saturated rings. The zero-order valence-electron chi connectivity index (χ0n) is 11.0. The Morgan fingerprint density at radius 3 is 2.72 bits per heavy atom. The summed E-state index contributed by atoms with van der Waals surface area (Å²) in [6, 6.07) is 9.86. The summed E-state index contributed by atoms with van der Waals surface area (Å²) in [7, 11) is 1.94. The Morgan fingerprint density at radius 2 is 2.06 bits per heavy atom. The van der Waals surface area contributed by atoms with E-state index < -0.39 is 0 Å². The van der Waals surface area contributed by atoms with Crippen LogP contribution in [0.1, 0.15) is 18.9 Å². The second kappa shape index (κ2) is 8.32. The van der Waals surface area contributed by atoms with Gasteiger partial charge in [-0.3, -0.25) is 9.69 Å². The average molecular weight is 245 g/mol. The molecular formula is C15H19NO2. The van der Waals surface area contributed by atoms with Crippen molar-refractivity contribution in [2.24, 2.45) is 0 Å². The Morgan fingerprint density at radius 1 is 1.33 bits per heavy atom. The lowest BCUT2D eigenvalue weighted by atomic mass is 10.2. The fraction of sp³-hybridized carbons (Fsp3) is 0.400. The predicted octanol–water partition coefficient (Wildman–Crippen LogP) is 1.92. The molecule has 0 radical (unpaired) electrons. The van der Waals surface area contributed by atoms with E-state index in [4.69, 9.17) is 4.74 Å². The molecular weight excluding hydrogens is 226 g/mol. The fourth-order valence-electron chi connectivity index (χ4n) is 1.39. The molecule has 3 heteroatoms. The largest absolute Gasteiger partial charge is 0.466 e. The SMILES string of the molecule is CCOC(=O)CCN(C)CC#Cc1ccccc1. The van der Waals surface area contributed by atoms with E-state index in [0.29, 0.717) is 26.1 Å². The van der Waals surface area contributed by atoms with Crippen molar-refractivity contribution >= 4 is 5.97 Å². The van der Waals surface area contributed by atoms with E-state index in [-0.39, 0.29) is 5.97 Å². The van der Waals surface area contributed by atoms with Crippen LogP contribution in [0, 0.1) is 11.8 Å². The topological polar surface area (TPSA) is 29.5 Å². The maximum absolute atomic E-state index is 11.2. The third kappa shape index (κ3) is 6.07. The highest BCUT2D eigenvalue weighted by atomic mass is 16.5. The van der Waals surface area contributed by atoms with Crippen molar-refractivity contribution in [3.8, 4) is 11.8 Å². The van der Waals surface area contributed by atoms with Gasteiger partial charge in [-0.1, -0.05) is 30.0 Å². The molecule has 0 heterocycles. The smallest absolute Gasteiger partial charge is 0.307 e. The zero-order valence-corrected chi connectivity index (χ0v) is 11.0. The summed E-state index contributed by atoms with van der Waals surface area (Å²) >= 11 is 0. The molecule has 96 valence electrons. The molecule has 0 saturated heterocycles. The number of nitrogens with zero attached hydrogens (tertiary/aromatic N) is 1. The van der Waals surface area contributed by atoms with E-state index in [1.54, 1.807) is 0 Å². The summed E-state index contributed by atoms with van der Waals surface area (Å²) in [5, 5.41) is 0. The Labute approximate surface area is 109 Å². The first kappa shape index (κ1) is 14.3. The van der Waals surface area contributed by atoms with Gasteiger partial charge in [0.15, 0.2) is 0 Å². The molecule has 0 amide bonds. The van der Waals surface area contributed by atoms with Gasteiger partial charge in [0.1, 0.15) is 0 Å². The number of rotatable bonds is 5. The van der Waals surface area contributed by atoms with Crippen LogP contribution >= 0.6 is 0 Å². The highest BCUT2D eigenvalue weighted by Gasteiger charge is 2.03. The molecule has 0 spiro atoms. The minimum absolute atomic E-state index is 0.152. The molecule has 3 nitrogen and oxygen atoms in total. The normalized spacial score (nSPS) is 9.72. The van der Waals surface area contributed by atoms with Gasteiger partial charge in [-0.2, -0.15) is 0 Å². The van der Waals surface area contributed by atoms with Gasteiger partial charge >= 0.3 is 5.97 Å². The number of ether oxygens (including phenoxy) is 1. The number of hydrogen-bond donors (Lipinski definition) is 0. The summed E-state index contributed by atoms with van der Waals surface area (Å²) in [5.41, 5.74) is 1.01. The van der Waals surface area contributed by atoms with Gasteiger partial charge in [0.2, 0.25) is 0 Å². The van der Waals surface area contributed by atoms with E-state index >= 15 is 0 Å². The molecule has 1 aromatic rings. The van der Waals surface area contributed by atoms with Gasteiger partial charge in [-0.25, -0.2) is 0 Å². The minimum atomic E-state index is -0.152. The van der Waals surface area contributed by atoms with Gasteiger partial charge in [0, 0.05) is 12.1 Å². The third-order valence-electron chi connectivity index (χ3n) is 2.36. The molecule has 1 rings (SSSR count). The van der Waals surface area contributed by atoms with Crippen LogP contribution in [0.15, 0.2) is 30.3 Å². The van der Waals surface area contributed by atoms with Crippen LogP contribution in [0.3, 0.4) is 0 Å². The standard InChI is InChI=1S/C15H19NO2/c1-3-18-15(17)11-13-16(2)12-7-10-14-8-5-4-6-9-14/h4-6,8-9H,3,11-13H2,1-2H3. The second-order valence-corrected chi connectivity index (χ2v) is 3.96. The van der Waals surface area contributed by atoms with E-state index in [2.05, 4.69) is 11.8 Å². The minimum Gasteiger partial charge on any atom is -0.466 e. The molecule has 0 aliphatic carbocycles. The van der Waals surface area contributed by atoms with Gasteiger partial charge < -0.3 is 4.74 Å².